The predicted octanol–water partition coefficient (Wildman–Crippen LogP) is 3.08. The Hall–Kier alpha value is -0.360. The van der Waals surface area contributed by atoms with E-state index in [0.717, 1.165) is 18.4 Å². The quantitative estimate of drug-likeness (QED) is 0.647. The van der Waals surface area contributed by atoms with Crippen LogP contribution in [0.1, 0.15) is 31.4 Å². The molecular weight excluding hydrogens is 299 g/mol. The summed E-state index contributed by atoms with van der Waals surface area (Å²) in [4.78, 5) is 0. The summed E-state index contributed by atoms with van der Waals surface area (Å²) in [5.41, 5.74) is 3.30. The second-order valence-electron chi connectivity index (χ2n) is 4.88. The van der Waals surface area contributed by atoms with E-state index in [0.29, 0.717) is 29.9 Å². The van der Waals surface area contributed by atoms with E-state index < -0.39 is 5.60 Å². The van der Waals surface area contributed by atoms with Crippen LogP contribution in [0.25, 0.3) is 0 Å². The van der Waals surface area contributed by atoms with Crippen LogP contribution in [0.15, 0.2) is 18.2 Å². The maximum atomic E-state index is 6.31. The van der Waals surface area contributed by atoms with Crippen molar-refractivity contribution < 1.29 is 9.47 Å². The van der Waals surface area contributed by atoms with E-state index in [2.05, 4.69) is 5.43 Å². The zero-order valence-electron chi connectivity index (χ0n) is 11.5. The molecule has 0 amide bonds. The molecule has 0 radical (unpaired) electrons. The number of ether oxygens (including phenoxy) is 2. The molecule has 1 aliphatic heterocycles. The van der Waals surface area contributed by atoms with Crippen LogP contribution in [-0.4, -0.2) is 25.4 Å². The van der Waals surface area contributed by atoms with Gasteiger partial charge in [0.15, 0.2) is 0 Å². The smallest absolute Gasteiger partial charge is 0.0933 e. The van der Waals surface area contributed by atoms with Gasteiger partial charge in [-0.25, -0.2) is 0 Å². The third-order valence-corrected chi connectivity index (χ3v) is 4.31. The summed E-state index contributed by atoms with van der Waals surface area (Å²) >= 11 is 12.4. The molecule has 1 aromatic carbocycles. The summed E-state index contributed by atoms with van der Waals surface area (Å²) in [6.07, 6.45) is 1.52. The van der Waals surface area contributed by atoms with Crippen LogP contribution in [0.4, 0.5) is 0 Å². The van der Waals surface area contributed by atoms with Crippen molar-refractivity contribution in [3.8, 4) is 0 Å². The molecule has 4 nitrogen and oxygen atoms in total. The molecule has 0 aliphatic carbocycles. The van der Waals surface area contributed by atoms with Crippen molar-refractivity contribution in [2.75, 3.05) is 19.8 Å². The molecule has 0 saturated carbocycles. The van der Waals surface area contributed by atoms with Gasteiger partial charge in [-0.2, -0.15) is 0 Å². The molecule has 1 aliphatic rings. The largest absolute Gasteiger partial charge is 0.381 e. The summed E-state index contributed by atoms with van der Waals surface area (Å²) in [5, 5.41) is 1.26. The summed E-state index contributed by atoms with van der Waals surface area (Å²) in [5.74, 6) is 5.80. The number of halogens is 2. The lowest BCUT2D eigenvalue weighted by Crippen LogP contribution is -2.51. The zero-order chi connectivity index (χ0) is 14.6. The van der Waals surface area contributed by atoms with Crippen molar-refractivity contribution in [1.29, 1.82) is 0 Å². The van der Waals surface area contributed by atoms with Gasteiger partial charge in [0.25, 0.3) is 0 Å². The molecule has 0 aromatic heterocycles. The molecule has 1 aromatic rings. The highest BCUT2D eigenvalue weighted by Gasteiger charge is 2.42. The molecule has 1 saturated heterocycles. The van der Waals surface area contributed by atoms with E-state index in [4.69, 9.17) is 38.5 Å². The van der Waals surface area contributed by atoms with Crippen LogP contribution >= 0.6 is 23.2 Å². The van der Waals surface area contributed by atoms with E-state index in [9.17, 15) is 0 Å². The monoisotopic (exact) mass is 318 g/mol. The number of benzene rings is 1. The van der Waals surface area contributed by atoms with Crippen LogP contribution < -0.4 is 11.3 Å². The Bertz CT molecular complexity index is 445. The Morgan fingerprint density at radius 1 is 1.40 bits per heavy atom. The molecular formula is C14H20Cl2N2O2. The number of hydrogen-bond acceptors (Lipinski definition) is 4. The normalized spacial score (nSPS) is 19.8. The van der Waals surface area contributed by atoms with Crippen LogP contribution in [-0.2, 0) is 9.47 Å². The van der Waals surface area contributed by atoms with Gasteiger partial charge < -0.3 is 9.47 Å². The van der Waals surface area contributed by atoms with Crippen molar-refractivity contribution in [2.24, 2.45) is 5.84 Å². The van der Waals surface area contributed by atoms with Crippen LogP contribution in [0, 0.1) is 0 Å². The predicted molar refractivity (Wildman–Crippen MR) is 80.9 cm³/mol. The van der Waals surface area contributed by atoms with Gasteiger partial charge in [0, 0.05) is 42.7 Å². The number of hydrogen-bond donors (Lipinski definition) is 2. The van der Waals surface area contributed by atoms with Crippen molar-refractivity contribution in [3.05, 3.63) is 33.8 Å². The minimum absolute atomic E-state index is 0.224. The maximum absolute atomic E-state index is 6.31. The van der Waals surface area contributed by atoms with Crippen molar-refractivity contribution in [1.82, 2.24) is 5.43 Å². The Balaban J connectivity index is 2.39. The third-order valence-electron chi connectivity index (χ3n) is 3.73. The molecule has 1 heterocycles. The summed E-state index contributed by atoms with van der Waals surface area (Å²) in [6.45, 7) is 3.88. The summed E-state index contributed by atoms with van der Waals surface area (Å²) in [7, 11) is 0. The summed E-state index contributed by atoms with van der Waals surface area (Å²) in [6, 6.07) is 5.16. The maximum Gasteiger partial charge on any atom is 0.0933 e. The van der Waals surface area contributed by atoms with Crippen LogP contribution in [0.5, 0.6) is 0 Å². The highest BCUT2D eigenvalue weighted by Crippen LogP contribution is 2.40. The van der Waals surface area contributed by atoms with Crippen molar-refractivity contribution in [3.63, 3.8) is 0 Å². The lowest BCUT2D eigenvalue weighted by Gasteiger charge is -2.43. The number of hydrazine groups is 1. The number of nitrogens with one attached hydrogen (secondary N) is 1. The van der Waals surface area contributed by atoms with Gasteiger partial charge in [-0.1, -0.05) is 23.2 Å². The lowest BCUT2D eigenvalue weighted by atomic mass is 9.82. The first-order chi connectivity index (χ1) is 9.63. The molecule has 1 unspecified atom stereocenters. The SMILES string of the molecule is CCOC1(C(NN)c2cc(Cl)ccc2Cl)CCOCC1. The molecule has 2 rings (SSSR count). The molecule has 1 atom stereocenters. The fourth-order valence-corrected chi connectivity index (χ4v) is 3.19. The standard InChI is InChI=1S/C14H20Cl2N2O2/c1-2-20-14(5-7-19-8-6-14)13(18-17)11-9-10(15)3-4-12(11)16/h3-4,9,13,18H,2,5-8,17H2,1H3. The Labute approximate surface area is 129 Å². The average molecular weight is 319 g/mol. The van der Waals surface area contributed by atoms with Gasteiger partial charge >= 0.3 is 0 Å². The molecule has 0 spiro atoms. The average Bonchev–Trinajstić information content (AvgIpc) is 2.45. The van der Waals surface area contributed by atoms with Gasteiger partial charge in [0.05, 0.1) is 11.6 Å². The van der Waals surface area contributed by atoms with E-state index in [-0.39, 0.29) is 6.04 Å². The topological polar surface area (TPSA) is 56.5 Å². The van der Waals surface area contributed by atoms with Crippen molar-refractivity contribution in [2.45, 2.75) is 31.4 Å². The highest BCUT2D eigenvalue weighted by molar-refractivity contribution is 6.33. The zero-order valence-corrected chi connectivity index (χ0v) is 13.0. The second kappa shape index (κ2) is 7.07. The first-order valence-corrected chi connectivity index (χ1v) is 7.51. The Morgan fingerprint density at radius 2 is 2.10 bits per heavy atom. The second-order valence-corrected chi connectivity index (χ2v) is 5.72. The van der Waals surface area contributed by atoms with E-state index >= 15 is 0 Å². The first-order valence-electron chi connectivity index (χ1n) is 6.76. The van der Waals surface area contributed by atoms with Crippen LogP contribution in [0.2, 0.25) is 10.0 Å². The van der Waals surface area contributed by atoms with E-state index in [1.165, 1.54) is 0 Å². The van der Waals surface area contributed by atoms with E-state index in [1.54, 1.807) is 12.1 Å². The highest BCUT2D eigenvalue weighted by atomic mass is 35.5. The number of nitrogens with two attached hydrogens (primary N) is 1. The van der Waals surface area contributed by atoms with Gasteiger partial charge in [-0.3, -0.25) is 11.3 Å². The van der Waals surface area contributed by atoms with Crippen LogP contribution in [0.3, 0.4) is 0 Å². The molecule has 6 heteroatoms. The molecule has 112 valence electrons. The number of rotatable bonds is 5. The fourth-order valence-electron chi connectivity index (χ4n) is 2.78. The molecule has 3 N–H and O–H groups in total. The van der Waals surface area contributed by atoms with Gasteiger partial charge in [0.2, 0.25) is 0 Å². The minimum Gasteiger partial charge on any atom is -0.381 e. The van der Waals surface area contributed by atoms with Crippen molar-refractivity contribution >= 4 is 23.2 Å². The first kappa shape index (κ1) is 16.0. The van der Waals surface area contributed by atoms with E-state index in [1.807, 2.05) is 13.0 Å². The molecule has 20 heavy (non-hydrogen) atoms. The third kappa shape index (κ3) is 3.27. The fraction of sp³-hybridized carbons (Fsp3) is 0.571. The van der Waals surface area contributed by atoms with Gasteiger partial charge in [0.1, 0.15) is 0 Å². The minimum atomic E-state index is -0.421. The van der Waals surface area contributed by atoms with Gasteiger partial charge in [-0.15, -0.1) is 0 Å². The Kier molecular flexibility index (Phi) is 5.66. The molecule has 1 fully saturated rings. The summed E-state index contributed by atoms with van der Waals surface area (Å²) < 4.78 is 11.5. The Morgan fingerprint density at radius 3 is 2.70 bits per heavy atom. The lowest BCUT2D eigenvalue weighted by molar-refractivity contribution is -0.128. The van der Waals surface area contributed by atoms with Gasteiger partial charge in [-0.05, 0) is 30.7 Å². The molecule has 0 bridgehead atoms.